The lowest BCUT2D eigenvalue weighted by atomic mass is 9.94. The highest BCUT2D eigenvalue weighted by atomic mass is 35.5. The summed E-state index contributed by atoms with van der Waals surface area (Å²) in [6.45, 7) is 3.73. The number of piperidine rings is 1. The van der Waals surface area contributed by atoms with Gasteiger partial charge in [0.1, 0.15) is 0 Å². The Morgan fingerprint density at radius 1 is 1.09 bits per heavy atom. The van der Waals surface area contributed by atoms with Crippen molar-refractivity contribution in [2.75, 3.05) is 44.7 Å². The molecule has 0 aliphatic carbocycles. The minimum Gasteiger partial charge on any atom is -0.368 e. The van der Waals surface area contributed by atoms with E-state index >= 15 is 0 Å². The van der Waals surface area contributed by atoms with Gasteiger partial charge in [-0.3, -0.25) is 9.59 Å². The molecule has 0 spiro atoms. The van der Waals surface area contributed by atoms with E-state index < -0.39 is 0 Å². The number of anilines is 1. The lowest BCUT2D eigenvalue weighted by Crippen LogP contribution is -2.52. The molecule has 0 saturated carbocycles. The summed E-state index contributed by atoms with van der Waals surface area (Å²) >= 11 is 5.92. The van der Waals surface area contributed by atoms with Crippen LogP contribution in [0.25, 0.3) is 0 Å². The lowest BCUT2D eigenvalue weighted by molar-refractivity contribution is -0.144. The minimum atomic E-state index is -0.138. The second kappa shape index (κ2) is 6.79. The van der Waals surface area contributed by atoms with E-state index in [4.69, 9.17) is 11.6 Å². The summed E-state index contributed by atoms with van der Waals surface area (Å²) < 4.78 is 0. The molecule has 3 rings (SSSR count). The minimum absolute atomic E-state index is 0.0781. The van der Waals surface area contributed by atoms with Crippen molar-refractivity contribution in [3.8, 4) is 0 Å². The number of nitrogens with zero attached hydrogens (tertiary/aromatic N) is 3. The van der Waals surface area contributed by atoms with Crippen LogP contribution in [0.4, 0.5) is 5.69 Å². The van der Waals surface area contributed by atoms with Crippen molar-refractivity contribution in [1.29, 1.82) is 0 Å². The zero-order valence-corrected chi connectivity index (χ0v) is 14.1. The van der Waals surface area contributed by atoms with Crippen molar-refractivity contribution in [1.82, 2.24) is 9.80 Å². The fourth-order valence-electron chi connectivity index (χ4n) is 3.25. The van der Waals surface area contributed by atoms with Crippen LogP contribution in [0, 0.1) is 5.92 Å². The van der Waals surface area contributed by atoms with Crippen molar-refractivity contribution in [3.05, 3.63) is 29.3 Å². The van der Waals surface area contributed by atoms with E-state index in [0.29, 0.717) is 26.1 Å². The lowest BCUT2D eigenvalue weighted by Gasteiger charge is -2.38. The number of amides is 2. The molecular weight excluding hydrogens is 314 g/mol. The van der Waals surface area contributed by atoms with E-state index in [-0.39, 0.29) is 17.7 Å². The summed E-state index contributed by atoms with van der Waals surface area (Å²) in [5.74, 6) is 0.0809. The Kier molecular flexibility index (Phi) is 4.76. The monoisotopic (exact) mass is 335 g/mol. The molecule has 0 radical (unpaired) electrons. The Balaban J connectivity index is 1.55. The third-order valence-electron chi connectivity index (χ3n) is 4.79. The summed E-state index contributed by atoms with van der Waals surface area (Å²) in [4.78, 5) is 30.3. The van der Waals surface area contributed by atoms with Gasteiger partial charge in [-0.15, -0.1) is 0 Å². The maximum atomic E-state index is 12.6. The predicted molar refractivity (Wildman–Crippen MR) is 90.6 cm³/mol. The molecule has 2 saturated heterocycles. The summed E-state index contributed by atoms with van der Waals surface area (Å²) in [6.07, 6.45) is 1.13. The van der Waals surface area contributed by atoms with Crippen LogP contribution in [-0.4, -0.2) is 61.4 Å². The van der Waals surface area contributed by atoms with E-state index in [1.165, 1.54) is 0 Å². The van der Waals surface area contributed by atoms with Gasteiger partial charge in [0.2, 0.25) is 11.8 Å². The number of hydrogen-bond donors (Lipinski definition) is 0. The van der Waals surface area contributed by atoms with Crippen LogP contribution in [0.2, 0.25) is 5.02 Å². The highest BCUT2D eigenvalue weighted by molar-refractivity contribution is 6.30. The zero-order valence-electron chi connectivity index (χ0n) is 13.4. The van der Waals surface area contributed by atoms with Gasteiger partial charge in [0, 0.05) is 62.8 Å². The second-order valence-electron chi connectivity index (χ2n) is 6.29. The Morgan fingerprint density at radius 2 is 1.74 bits per heavy atom. The van der Waals surface area contributed by atoms with E-state index in [0.717, 1.165) is 30.2 Å². The van der Waals surface area contributed by atoms with Gasteiger partial charge in [0.15, 0.2) is 0 Å². The number of halogens is 1. The first-order valence-electron chi connectivity index (χ1n) is 8.08. The highest BCUT2D eigenvalue weighted by Gasteiger charge is 2.32. The van der Waals surface area contributed by atoms with Gasteiger partial charge in [0.25, 0.3) is 0 Å². The molecule has 1 aromatic carbocycles. The number of likely N-dealkylation sites (tertiary alicyclic amines) is 1. The maximum Gasteiger partial charge on any atom is 0.226 e. The molecule has 2 heterocycles. The number of benzene rings is 1. The van der Waals surface area contributed by atoms with Gasteiger partial charge in [-0.25, -0.2) is 0 Å². The largest absolute Gasteiger partial charge is 0.368 e. The molecule has 0 aromatic heterocycles. The van der Waals surface area contributed by atoms with Crippen molar-refractivity contribution in [3.63, 3.8) is 0 Å². The van der Waals surface area contributed by atoms with Crippen LogP contribution < -0.4 is 4.90 Å². The SMILES string of the molecule is CN1CC[C@@H](C(=O)N2CCN(c3ccc(Cl)cc3)CC2)CC1=O. The Bertz CT molecular complexity index is 582. The summed E-state index contributed by atoms with van der Waals surface area (Å²) in [6, 6.07) is 7.79. The molecular formula is C17H22ClN3O2. The fourth-order valence-corrected chi connectivity index (χ4v) is 3.37. The highest BCUT2D eigenvalue weighted by Crippen LogP contribution is 2.23. The molecule has 2 amide bonds. The third kappa shape index (κ3) is 3.61. The topological polar surface area (TPSA) is 43.9 Å². The summed E-state index contributed by atoms with van der Waals surface area (Å²) in [5, 5.41) is 0.731. The normalized spacial score (nSPS) is 22.4. The van der Waals surface area contributed by atoms with Crippen molar-refractivity contribution in [2.24, 2.45) is 5.92 Å². The quantitative estimate of drug-likeness (QED) is 0.828. The zero-order chi connectivity index (χ0) is 16.4. The van der Waals surface area contributed by atoms with Crippen LogP contribution in [0.3, 0.4) is 0 Å². The Hall–Kier alpha value is -1.75. The van der Waals surface area contributed by atoms with Gasteiger partial charge < -0.3 is 14.7 Å². The average molecular weight is 336 g/mol. The molecule has 1 atom stereocenters. The number of carbonyl (C=O) groups excluding carboxylic acids is 2. The fraction of sp³-hybridized carbons (Fsp3) is 0.529. The molecule has 5 nitrogen and oxygen atoms in total. The standard InChI is InChI=1S/C17H22ClN3O2/c1-19-7-6-13(12-16(19)22)17(23)21-10-8-20(9-11-21)15-4-2-14(18)3-5-15/h2-5,13H,6-12H2,1H3/t13-/m1/s1. The van der Waals surface area contributed by atoms with Crippen LogP contribution in [-0.2, 0) is 9.59 Å². The van der Waals surface area contributed by atoms with E-state index in [1.807, 2.05) is 29.2 Å². The van der Waals surface area contributed by atoms with E-state index in [9.17, 15) is 9.59 Å². The molecule has 23 heavy (non-hydrogen) atoms. The molecule has 2 aliphatic heterocycles. The number of carbonyl (C=O) groups is 2. The number of hydrogen-bond acceptors (Lipinski definition) is 3. The molecule has 0 unspecified atom stereocenters. The van der Waals surface area contributed by atoms with Gasteiger partial charge in [-0.2, -0.15) is 0 Å². The average Bonchev–Trinajstić information content (AvgIpc) is 2.57. The molecule has 1 aromatic rings. The summed E-state index contributed by atoms with van der Waals surface area (Å²) in [7, 11) is 1.80. The van der Waals surface area contributed by atoms with Crippen molar-refractivity contribution >= 4 is 29.1 Å². The second-order valence-corrected chi connectivity index (χ2v) is 6.73. The molecule has 0 bridgehead atoms. The van der Waals surface area contributed by atoms with Gasteiger partial charge in [-0.1, -0.05) is 11.6 Å². The molecule has 0 N–H and O–H groups in total. The van der Waals surface area contributed by atoms with Crippen molar-refractivity contribution in [2.45, 2.75) is 12.8 Å². The molecule has 2 aliphatic rings. The molecule has 6 heteroatoms. The summed E-state index contributed by atoms with van der Waals surface area (Å²) in [5.41, 5.74) is 1.14. The van der Waals surface area contributed by atoms with Crippen LogP contribution in [0.15, 0.2) is 24.3 Å². The van der Waals surface area contributed by atoms with E-state index in [1.54, 1.807) is 11.9 Å². The molecule has 124 valence electrons. The molecule has 2 fully saturated rings. The number of rotatable bonds is 2. The third-order valence-corrected chi connectivity index (χ3v) is 5.04. The first-order valence-corrected chi connectivity index (χ1v) is 8.45. The predicted octanol–water partition coefficient (Wildman–Crippen LogP) is 1.86. The van der Waals surface area contributed by atoms with Gasteiger partial charge in [0.05, 0.1) is 0 Å². The van der Waals surface area contributed by atoms with Gasteiger partial charge >= 0.3 is 0 Å². The van der Waals surface area contributed by atoms with Crippen molar-refractivity contribution < 1.29 is 9.59 Å². The van der Waals surface area contributed by atoms with Crippen LogP contribution >= 0.6 is 11.6 Å². The smallest absolute Gasteiger partial charge is 0.226 e. The number of piperazine rings is 1. The Morgan fingerprint density at radius 3 is 2.35 bits per heavy atom. The Labute approximate surface area is 141 Å². The first kappa shape index (κ1) is 16.1. The van der Waals surface area contributed by atoms with Crippen LogP contribution in [0.1, 0.15) is 12.8 Å². The van der Waals surface area contributed by atoms with E-state index in [2.05, 4.69) is 4.90 Å². The first-order chi connectivity index (χ1) is 11.0. The van der Waals surface area contributed by atoms with Crippen LogP contribution in [0.5, 0.6) is 0 Å². The van der Waals surface area contributed by atoms with Gasteiger partial charge in [-0.05, 0) is 30.7 Å². The maximum absolute atomic E-state index is 12.6.